The molecule has 0 saturated carbocycles. The number of ether oxygens (including phenoxy) is 4. The first-order chi connectivity index (χ1) is 28.8. The van der Waals surface area contributed by atoms with Crippen LogP contribution >= 0.6 is 0 Å². The summed E-state index contributed by atoms with van der Waals surface area (Å²) in [6, 6.07) is 0. The average Bonchev–Trinajstić information content (AvgIpc) is 3.23. The molecule has 10 heteroatoms. The van der Waals surface area contributed by atoms with Crippen molar-refractivity contribution in [1.29, 1.82) is 0 Å². The van der Waals surface area contributed by atoms with E-state index in [4.69, 9.17) is 18.9 Å². The van der Waals surface area contributed by atoms with Crippen molar-refractivity contribution in [2.45, 2.75) is 205 Å². The lowest BCUT2D eigenvalue weighted by Gasteiger charge is -2.39. The highest BCUT2D eigenvalue weighted by Gasteiger charge is 2.44. The molecule has 1 heterocycles. The molecule has 1 saturated heterocycles. The Hall–Kier alpha value is -2.86. The Morgan fingerprint density at radius 1 is 0.559 bits per heavy atom. The highest BCUT2D eigenvalue weighted by molar-refractivity contribution is 5.70. The van der Waals surface area contributed by atoms with E-state index < -0.39 is 55.4 Å². The zero-order valence-corrected chi connectivity index (χ0v) is 36.7. The van der Waals surface area contributed by atoms with Crippen LogP contribution in [-0.4, -0.2) is 89.0 Å². The minimum absolute atomic E-state index is 0.216. The van der Waals surface area contributed by atoms with Crippen LogP contribution in [-0.2, 0) is 28.5 Å². The van der Waals surface area contributed by atoms with Gasteiger partial charge in [-0.25, -0.2) is 0 Å². The molecular weight excluding hydrogens is 749 g/mol. The third-order valence-electron chi connectivity index (χ3n) is 10.2. The number of allylic oxidation sites excluding steroid dienone is 12. The molecule has 0 radical (unpaired) electrons. The number of carbonyl (C=O) groups is 2. The van der Waals surface area contributed by atoms with E-state index in [1.165, 1.54) is 57.8 Å². The number of hydrogen-bond donors (Lipinski definition) is 4. The molecule has 0 aromatic carbocycles. The van der Waals surface area contributed by atoms with Gasteiger partial charge in [0.25, 0.3) is 0 Å². The van der Waals surface area contributed by atoms with Crippen LogP contribution < -0.4 is 0 Å². The van der Waals surface area contributed by atoms with Gasteiger partial charge in [0.05, 0.1) is 13.2 Å². The Kier molecular flexibility index (Phi) is 36.1. The van der Waals surface area contributed by atoms with Gasteiger partial charge in [0, 0.05) is 12.8 Å². The predicted octanol–water partition coefficient (Wildman–Crippen LogP) is 10.00. The summed E-state index contributed by atoms with van der Waals surface area (Å²) in [4.78, 5) is 25.4. The smallest absolute Gasteiger partial charge is 0.306 e. The first-order valence-electron chi connectivity index (χ1n) is 23.1. The summed E-state index contributed by atoms with van der Waals surface area (Å²) in [6.45, 7) is 3.22. The summed E-state index contributed by atoms with van der Waals surface area (Å²) in [6.07, 6.45) is 41.8. The van der Waals surface area contributed by atoms with Crippen LogP contribution in [0.5, 0.6) is 0 Å². The molecule has 0 aliphatic carbocycles. The van der Waals surface area contributed by atoms with E-state index >= 15 is 0 Å². The van der Waals surface area contributed by atoms with Gasteiger partial charge >= 0.3 is 11.9 Å². The van der Waals surface area contributed by atoms with Crippen LogP contribution in [0.2, 0.25) is 0 Å². The van der Waals surface area contributed by atoms with E-state index in [2.05, 4.69) is 56.4 Å². The molecule has 338 valence electrons. The van der Waals surface area contributed by atoms with Gasteiger partial charge in [0.2, 0.25) is 0 Å². The van der Waals surface area contributed by atoms with Gasteiger partial charge in [0.1, 0.15) is 31.0 Å². The molecule has 1 fully saturated rings. The van der Waals surface area contributed by atoms with E-state index in [9.17, 15) is 30.0 Å². The van der Waals surface area contributed by atoms with Gasteiger partial charge in [-0.3, -0.25) is 9.59 Å². The molecule has 2 unspecified atom stereocenters. The quantitative estimate of drug-likeness (QED) is 0.0206. The van der Waals surface area contributed by atoms with E-state index in [0.29, 0.717) is 12.8 Å². The molecule has 1 aliphatic heterocycles. The van der Waals surface area contributed by atoms with Gasteiger partial charge < -0.3 is 39.4 Å². The van der Waals surface area contributed by atoms with Crippen molar-refractivity contribution in [2.75, 3.05) is 19.8 Å². The van der Waals surface area contributed by atoms with Crippen LogP contribution in [0.4, 0.5) is 0 Å². The second kappa shape index (κ2) is 39.3. The molecule has 0 spiro atoms. The molecule has 1 aliphatic rings. The number of rotatable bonds is 37. The van der Waals surface area contributed by atoms with Crippen LogP contribution in [0.1, 0.15) is 168 Å². The molecule has 0 aromatic rings. The van der Waals surface area contributed by atoms with Crippen molar-refractivity contribution in [3.05, 3.63) is 72.9 Å². The van der Waals surface area contributed by atoms with E-state index in [-0.39, 0.29) is 26.1 Å². The molecular formula is C49H82O10. The first-order valence-corrected chi connectivity index (χ1v) is 23.1. The average molecular weight is 831 g/mol. The number of hydrogen-bond acceptors (Lipinski definition) is 10. The lowest BCUT2D eigenvalue weighted by Crippen LogP contribution is -2.59. The molecule has 59 heavy (non-hydrogen) atoms. The predicted molar refractivity (Wildman–Crippen MR) is 238 cm³/mol. The summed E-state index contributed by atoms with van der Waals surface area (Å²) in [5, 5.41) is 40.1. The van der Waals surface area contributed by atoms with Gasteiger partial charge in [-0.05, 0) is 64.2 Å². The highest BCUT2D eigenvalue weighted by atomic mass is 16.7. The maximum absolute atomic E-state index is 12.8. The lowest BCUT2D eigenvalue weighted by atomic mass is 9.99. The molecule has 6 atom stereocenters. The van der Waals surface area contributed by atoms with Crippen LogP contribution in [0.3, 0.4) is 0 Å². The van der Waals surface area contributed by atoms with Gasteiger partial charge in [0.15, 0.2) is 12.4 Å². The molecule has 10 nitrogen and oxygen atoms in total. The Morgan fingerprint density at radius 3 is 1.64 bits per heavy atom. The normalized spacial score (nSPS) is 20.7. The zero-order chi connectivity index (χ0) is 43.0. The monoisotopic (exact) mass is 831 g/mol. The van der Waals surface area contributed by atoms with Crippen molar-refractivity contribution >= 4 is 11.9 Å². The number of unbranched alkanes of at least 4 members (excludes halogenated alkanes) is 17. The van der Waals surface area contributed by atoms with Gasteiger partial charge in [-0.15, -0.1) is 0 Å². The third kappa shape index (κ3) is 30.8. The number of aliphatic hydroxyl groups is 4. The second-order valence-corrected chi connectivity index (χ2v) is 15.6. The summed E-state index contributed by atoms with van der Waals surface area (Å²) < 4.78 is 22.1. The molecule has 4 N–H and O–H groups in total. The van der Waals surface area contributed by atoms with Crippen molar-refractivity contribution in [3.63, 3.8) is 0 Å². The van der Waals surface area contributed by atoms with Crippen molar-refractivity contribution in [1.82, 2.24) is 0 Å². The topological polar surface area (TPSA) is 152 Å². The highest BCUT2D eigenvalue weighted by Crippen LogP contribution is 2.22. The van der Waals surface area contributed by atoms with Crippen LogP contribution in [0.15, 0.2) is 72.9 Å². The molecule has 1 rings (SSSR count). The van der Waals surface area contributed by atoms with Gasteiger partial charge in [-0.1, -0.05) is 164 Å². The first kappa shape index (κ1) is 54.2. The maximum atomic E-state index is 12.8. The van der Waals surface area contributed by atoms with Crippen molar-refractivity contribution in [3.8, 4) is 0 Å². The minimum atomic E-state index is -1.60. The summed E-state index contributed by atoms with van der Waals surface area (Å²) in [5.41, 5.74) is 0. The summed E-state index contributed by atoms with van der Waals surface area (Å²) in [5.74, 6) is -0.843. The van der Waals surface area contributed by atoms with Crippen LogP contribution in [0, 0.1) is 0 Å². The summed E-state index contributed by atoms with van der Waals surface area (Å²) in [7, 11) is 0. The fraction of sp³-hybridized carbons (Fsp3) is 0.714. The van der Waals surface area contributed by atoms with Crippen molar-refractivity contribution < 1.29 is 49.0 Å². The Labute approximate surface area is 357 Å². The summed E-state index contributed by atoms with van der Waals surface area (Å²) >= 11 is 0. The Morgan fingerprint density at radius 2 is 1.07 bits per heavy atom. The number of aliphatic hydroxyl groups excluding tert-OH is 4. The third-order valence-corrected chi connectivity index (χ3v) is 10.2. The fourth-order valence-electron chi connectivity index (χ4n) is 6.52. The molecule has 0 aromatic heterocycles. The number of esters is 2. The van der Waals surface area contributed by atoms with Gasteiger partial charge in [-0.2, -0.15) is 0 Å². The SMILES string of the molecule is CC/C=C/C=C/C=C/C=C/CCCCCCCC(=O)OC[C@H](CO[C@@H]1O[C@H](CO)[C@H](O)C(O)C1O)OC(=O)CCCCCCCCCCC/C=C/C/C=C/CCCCC. The maximum Gasteiger partial charge on any atom is 0.306 e. The molecule has 0 amide bonds. The Balaban J connectivity index is 2.33. The van der Waals surface area contributed by atoms with E-state index in [0.717, 1.165) is 70.6 Å². The zero-order valence-electron chi connectivity index (χ0n) is 36.7. The van der Waals surface area contributed by atoms with E-state index in [1.54, 1.807) is 0 Å². The number of carbonyl (C=O) groups excluding carboxylic acids is 2. The Bertz CT molecular complexity index is 1190. The fourth-order valence-corrected chi connectivity index (χ4v) is 6.52. The molecule has 0 bridgehead atoms. The second-order valence-electron chi connectivity index (χ2n) is 15.6. The minimum Gasteiger partial charge on any atom is -0.462 e. The van der Waals surface area contributed by atoms with Crippen molar-refractivity contribution in [2.24, 2.45) is 0 Å². The largest absolute Gasteiger partial charge is 0.462 e. The van der Waals surface area contributed by atoms with Crippen LogP contribution in [0.25, 0.3) is 0 Å². The lowest BCUT2D eigenvalue weighted by molar-refractivity contribution is -0.305. The van der Waals surface area contributed by atoms with E-state index in [1.807, 2.05) is 30.4 Å². The standard InChI is InChI=1S/C49H82O10/c1-3-5-7-9-11-13-15-17-19-20-21-22-24-26-28-30-32-34-36-38-45(52)58-42(41-57-49-48(55)47(54)46(53)43(39-50)59-49)40-56-44(51)37-35-33-31-29-27-25-23-18-16-14-12-10-8-6-4-2/h6,8,10-14,16-19,23,42-43,46-50,53-55H,3-5,7,9,15,20-22,24-41H2,1-2H3/b8-6+,12-10+,13-11+,16-14+,19-17+,23-18+/t42-,43-,46+,47?,48?,49-/m1/s1.